The molecule has 0 aromatic heterocycles. The Labute approximate surface area is 92.3 Å². The van der Waals surface area contributed by atoms with Crippen LogP contribution in [0.1, 0.15) is 32.1 Å². The monoisotopic (exact) mass is 213 g/mol. The molecule has 3 nitrogen and oxygen atoms in total. The van der Waals surface area contributed by atoms with Gasteiger partial charge >= 0.3 is 0 Å². The summed E-state index contributed by atoms with van der Waals surface area (Å²) in [5.41, 5.74) is 5.80. The minimum absolute atomic E-state index is 0.352. The van der Waals surface area contributed by atoms with Crippen molar-refractivity contribution in [1.82, 2.24) is 0 Å². The summed E-state index contributed by atoms with van der Waals surface area (Å²) in [6, 6.07) is 0. The van der Waals surface area contributed by atoms with Gasteiger partial charge in [0.25, 0.3) is 0 Å². The molecule has 88 valence electrons. The molecule has 1 aliphatic carbocycles. The first-order valence-corrected chi connectivity index (χ1v) is 6.29. The molecule has 2 N–H and O–H groups in total. The highest BCUT2D eigenvalue weighted by atomic mass is 16.5. The first-order valence-electron chi connectivity index (χ1n) is 6.29. The molecule has 0 aromatic carbocycles. The molecule has 1 heterocycles. The van der Waals surface area contributed by atoms with Gasteiger partial charge in [0.1, 0.15) is 0 Å². The van der Waals surface area contributed by atoms with Gasteiger partial charge in [0.2, 0.25) is 0 Å². The van der Waals surface area contributed by atoms with E-state index in [9.17, 15) is 0 Å². The molecule has 3 atom stereocenters. The molecule has 0 amide bonds. The number of hydrogen-bond acceptors (Lipinski definition) is 3. The summed E-state index contributed by atoms with van der Waals surface area (Å²) in [7, 11) is 0. The summed E-state index contributed by atoms with van der Waals surface area (Å²) in [6.45, 7) is 3.39. The number of rotatable bonds is 4. The molecule has 0 spiro atoms. The lowest BCUT2D eigenvalue weighted by Gasteiger charge is -2.31. The van der Waals surface area contributed by atoms with Crippen LogP contribution in [0, 0.1) is 11.8 Å². The summed E-state index contributed by atoms with van der Waals surface area (Å²) in [4.78, 5) is 0. The van der Waals surface area contributed by atoms with Gasteiger partial charge in [0.05, 0.1) is 19.3 Å². The van der Waals surface area contributed by atoms with Crippen molar-refractivity contribution in [1.29, 1.82) is 0 Å². The quantitative estimate of drug-likeness (QED) is 0.770. The van der Waals surface area contributed by atoms with E-state index in [0.29, 0.717) is 17.9 Å². The van der Waals surface area contributed by atoms with E-state index in [2.05, 4.69) is 0 Å². The Morgan fingerprint density at radius 2 is 1.93 bits per heavy atom. The molecule has 3 heteroatoms. The van der Waals surface area contributed by atoms with E-state index < -0.39 is 0 Å². The molecular formula is C12H23NO2. The van der Waals surface area contributed by atoms with Crippen molar-refractivity contribution in [2.75, 3.05) is 26.4 Å². The van der Waals surface area contributed by atoms with Gasteiger partial charge in [-0.3, -0.25) is 0 Å². The highest BCUT2D eigenvalue weighted by molar-refractivity contribution is 4.76. The smallest absolute Gasteiger partial charge is 0.0830 e. The van der Waals surface area contributed by atoms with Gasteiger partial charge in [0.15, 0.2) is 0 Å². The first-order chi connectivity index (χ1) is 7.40. The predicted molar refractivity (Wildman–Crippen MR) is 59.7 cm³/mol. The Morgan fingerprint density at radius 3 is 2.60 bits per heavy atom. The van der Waals surface area contributed by atoms with Crippen molar-refractivity contribution in [3.8, 4) is 0 Å². The second-order valence-corrected chi connectivity index (χ2v) is 4.86. The Balaban J connectivity index is 1.71. The van der Waals surface area contributed by atoms with Gasteiger partial charge in [-0.25, -0.2) is 0 Å². The Bertz CT molecular complexity index is 180. The van der Waals surface area contributed by atoms with Crippen LogP contribution >= 0.6 is 0 Å². The standard InChI is InChI=1S/C12H23NO2/c13-7-10-3-1-2-4-11(10)8-15-12-5-6-14-9-12/h10-12H,1-9,13H2. The molecule has 1 saturated carbocycles. The van der Waals surface area contributed by atoms with Gasteiger partial charge in [-0.15, -0.1) is 0 Å². The lowest BCUT2D eigenvalue weighted by Crippen LogP contribution is -2.31. The molecule has 3 unspecified atom stereocenters. The second kappa shape index (κ2) is 5.83. The van der Waals surface area contributed by atoms with Crippen LogP contribution in [0.4, 0.5) is 0 Å². The minimum atomic E-state index is 0.352. The molecular weight excluding hydrogens is 190 g/mol. The fourth-order valence-electron chi connectivity index (χ4n) is 2.72. The Hall–Kier alpha value is -0.120. The summed E-state index contributed by atoms with van der Waals surface area (Å²) >= 11 is 0. The average Bonchev–Trinajstić information content (AvgIpc) is 2.79. The zero-order chi connectivity index (χ0) is 10.5. The third-order valence-electron chi connectivity index (χ3n) is 3.80. The number of hydrogen-bond donors (Lipinski definition) is 1. The zero-order valence-electron chi connectivity index (χ0n) is 9.49. The van der Waals surface area contributed by atoms with Crippen molar-refractivity contribution in [3.05, 3.63) is 0 Å². The normalized spacial score (nSPS) is 37.0. The van der Waals surface area contributed by atoms with Crippen LogP contribution in [-0.2, 0) is 9.47 Å². The van der Waals surface area contributed by atoms with E-state index in [1.165, 1.54) is 25.7 Å². The van der Waals surface area contributed by atoms with Gasteiger partial charge in [-0.2, -0.15) is 0 Å². The van der Waals surface area contributed by atoms with Crippen molar-refractivity contribution in [3.63, 3.8) is 0 Å². The summed E-state index contributed by atoms with van der Waals surface area (Å²) < 4.78 is 11.2. The maximum atomic E-state index is 5.89. The minimum Gasteiger partial charge on any atom is -0.379 e. The molecule has 0 radical (unpaired) electrons. The van der Waals surface area contributed by atoms with Gasteiger partial charge < -0.3 is 15.2 Å². The van der Waals surface area contributed by atoms with Gasteiger partial charge in [0, 0.05) is 6.61 Å². The molecule has 0 bridgehead atoms. The molecule has 2 rings (SSSR count). The fraction of sp³-hybridized carbons (Fsp3) is 1.00. The summed E-state index contributed by atoms with van der Waals surface area (Å²) in [6.07, 6.45) is 6.72. The Morgan fingerprint density at radius 1 is 1.13 bits per heavy atom. The predicted octanol–water partition coefficient (Wildman–Crippen LogP) is 1.56. The van der Waals surface area contributed by atoms with Crippen LogP contribution in [0.2, 0.25) is 0 Å². The van der Waals surface area contributed by atoms with Gasteiger partial charge in [-0.1, -0.05) is 12.8 Å². The van der Waals surface area contributed by atoms with E-state index in [1.807, 2.05) is 0 Å². The van der Waals surface area contributed by atoms with Crippen molar-refractivity contribution in [2.45, 2.75) is 38.2 Å². The molecule has 1 saturated heterocycles. The molecule has 2 fully saturated rings. The van der Waals surface area contributed by atoms with Crippen LogP contribution in [0.25, 0.3) is 0 Å². The highest BCUT2D eigenvalue weighted by Crippen LogP contribution is 2.30. The van der Waals surface area contributed by atoms with E-state index in [4.69, 9.17) is 15.2 Å². The van der Waals surface area contributed by atoms with Crippen LogP contribution < -0.4 is 5.73 Å². The topological polar surface area (TPSA) is 44.5 Å². The second-order valence-electron chi connectivity index (χ2n) is 4.86. The largest absolute Gasteiger partial charge is 0.379 e. The molecule has 1 aliphatic heterocycles. The van der Waals surface area contributed by atoms with Crippen molar-refractivity contribution < 1.29 is 9.47 Å². The first kappa shape index (κ1) is 11.4. The SMILES string of the molecule is NCC1CCCCC1COC1CCOC1. The van der Waals surface area contributed by atoms with Gasteiger partial charge in [-0.05, 0) is 37.6 Å². The summed E-state index contributed by atoms with van der Waals surface area (Å²) in [5.74, 6) is 1.39. The number of ether oxygens (including phenoxy) is 2. The lowest BCUT2D eigenvalue weighted by molar-refractivity contribution is 0.00165. The maximum absolute atomic E-state index is 5.89. The molecule has 0 aromatic rings. The highest BCUT2D eigenvalue weighted by Gasteiger charge is 2.26. The van der Waals surface area contributed by atoms with Crippen molar-refractivity contribution in [2.24, 2.45) is 17.6 Å². The lowest BCUT2D eigenvalue weighted by atomic mass is 9.80. The summed E-state index contributed by atoms with van der Waals surface area (Å²) in [5, 5.41) is 0. The van der Waals surface area contributed by atoms with E-state index in [1.54, 1.807) is 0 Å². The Kier molecular flexibility index (Phi) is 4.42. The van der Waals surface area contributed by atoms with E-state index in [0.717, 1.165) is 32.8 Å². The maximum Gasteiger partial charge on any atom is 0.0830 e. The third kappa shape index (κ3) is 3.16. The van der Waals surface area contributed by atoms with Crippen LogP contribution in [-0.4, -0.2) is 32.5 Å². The van der Waals surface area contributed by atoms with Crippen molar-refractivity contribution >= 4 is 0 Å². The third-order valence-corrected chi connectivity index (χ3v) is 3.80. The average molecular weight is 213 g/mol. The van der Waals surface area contributed by atoms with E-state index >= 15 is 0 Å². The van der Waals surface area contributed by atoms with Crippen LogP contribution in [0.3, 0.4) is 0 Å². The van der Waals surface area contributed by atoms with Crippen LogP contribution in [0.15, 0.2) is 0 Å². The van der Waals surface area contributed by atoms with Crippen LogP contribution in [0.5, 0.6) is 0 Å². The zero-order valence-corrected chi connectivity index (χ0v) is 9.49. The molecule has 2 aliphatic rings. The fourth-order valence-corrected chi connectivity index (χ4v) is 2.72. The van der Waals surface area contributed by atoms with E-state index in [-0.39, 0.29) is 0 Å². The molecule has 15 heavy (non-hydrogen) atoms. The number of nitrogens with two attached hydrogens (primary N) is 1.